The van der Waals surface area contributed by atoms with Crippen LogP contribution in [-0.4, -0.2) is 10.8 Å². The number of aryl methyl sites for hydroxylation is 1. The second-order valence-corrected chi connectivity index (χ2v) is 7.84. The number of rotatable bonds is 6. The minimum absolute atomic E-state index is 0.0453. The van der Waals surface area contributed by atoms with Crippen molar-refractivity contribution in [3.63, 3.8) is 0 Å². The lowest BCUT2D eigenvalue weighted by Gasteiger charge is -2.08. The number of fused-ring (bicyclic) bond motifs is 1. The quantitative estimate of drug-likeness (QED) is 0.288. The van der Waals surface area contributed by atoms with E-state index in [-0.39, 0.29) is 5.84 Å². The number of nitrogens with one attached hydrogen (secondary N) is 1. The Morgan fingerprint density at radius 2 is 1.93 bits per heavy atom. The van der Waals surface area contributed by atoms with E-state index in [0.29, 0.717) is 5.56 Å². The second-order valence-electron chi connectivity index (χ2n) is 6.93. The number of hydrogen-bond acceptors (Lipinski definition) is 4. The average molecular weight is 422 g/mol. The van der Waals surface area contributed by atoms with Crippen LogP contribution in [0, 0.1) is 11.3 Å². The predicted octanol–water partition coefficient (Wildman–Crippen LogP) is 6.04. The molecular weight excluding hydrogens is 402 g/mol. The number of amidine groups is 1. The van der Waals surface area contributed by atoms with Crippen molar-refractivity contribution in [2.75, 3.05) is 0 Å². The van der Waals surface area contributed by atoms with Crippen LogP contribution in [0.4, 0.5) is 11.4 Å². The van der Waals surface area contributed by atoms with Gasteiger partial charge in [0.2, 0.25) is 0 Å². The Morgan fingerprint density at radius 3 is 2.63 bits per heavy atom. The van der Waals surface area contributed by atoms with Crippen LogP contribution in [0.15, 0.2) is 63.4 Å². The Kier molecular flexibility index (Phi) is 4.99. The number of nitrogens with zero attached hydrogens (tertiary/aromatic N) is 3. The van der Waals surface area contributed by atoms with Crippen LogP contribution in [-0.2, 0) is 6.42 Å². The molecule has 0 amide bonds. The summed E-state index contributed by atoms with van der Waals surface area (Å²) in [6.07, 6.45) is 6.66. The molecule has 0 spiro atoms. The standard InChI is InChI=1S/C21H20BrN5/c22-16-7-4-15-12-25-19(10-3-13-1-2-13)20(18(15)11-16)27-26-17-8-5-14(6-9-17)21(23)24/h4-9,11-13H,1-3,10H2,(H3,23,24). The Balaban J connectivity index is 1.71. The zero-order valence-corrected chi connectivity index (χ0v) is 16.4. The van der Waals surface area contributed by atoms with Crippen molar-refractivity contribution < 1.29 is 0 Å². The van der Waals surface area contributed by atoms with Crippen molar-refractivity contribution in [1.82, 2.24) is 4.98 Å². The molecule has 1 aliphatic rings. The molecule has 1 saturated carbocycles. The van der Waals surface area contributed by atoms with E-state index in [0.717, 1.165) is 51.1 Å². The molecule has 2 aromatic carbocycles. The summed E-state index contributed by atoms with van der Waals surface area (Å²) < 4.78 is 1.01. The summed E-state index contributed by atoms with van der Waals surface area (Å²) in [6.45, 7) is 0. The van der Waals surface area contributed by atoms with Gasteiger partial charge in [0, 0.05) is 27.0 Å². The van der Waals surface area contributed by atoms with Crippen LogP contribution in [0.1, 0.15) is 30.5 Å². The lowest BCUT2D eigenvalue weighted by molar-refractivity contribution is 0.715. The SMILES string of the molecule is N=C(N)c1ccc(N=Nc2c(CCC3CC3)ncc3ccc(Br)cc23)cc1. The third kappa shape index (κ3) is 4.22. The minimum Gasteiger partial charge on any atom is -0.384 e. The van der Waals surface area contributed by atoms with Crippen molar-refractivity contribution in [3.05, 3.63) is 64.4 Å². The van der Waals surface area contributed by atoms with Gasteiger partial charge < -0.3 is 5.73 Å². The van der Waals surface area contributed by atoms with E-state index >= 15 is 0 Å². The molecular formula is C21H20BrN5. The van der Waals surface area contributed by atoms with Crippen LogP contribution >= 0.6 is 15.9 Å². The van der Waals surface area contributed by atoms with E-state index in [1.54, 1.807) is 12.1 Å². The molecule has 1 aromatic heterocycles. The summed E-state index contributed by atoms with van der Waals surface area (Å²) in [5.41, 5.74) is 8.74. The number of nitrogens with two attached hydrogens (primary N) is 1. The number of azo groups is 1. The fourth-order valence-corrected chi connectivity index (χ4v) is 3.43. The van der Waals surface area contributed by atoms with Gasteiger partial charge in [-0.25, -0.2) is 0 Å². The third-order valence-corrected chi connectivity index (χ3v) is 5.33. The molecule has 1 aliphatic carbocycles. The summed E-state index contributed by atoms with van der Waals surface area (Å²) in [5.74, 6) is 0.887. The molecule has 1 fully saturated rings. The van der Waals surface area contributed by atoms with Crippen molar-refractivity contribution in [2.24, 2.45) is 21.9 Å². The number of pyridine rings is 1. The molecule has 1 heterocycles. The zero-order valence-electron chi connectivity index (χ0n) is 14.8. The van der Waals surface area contributed by atoms with Gasteiger partial charge in [0.15, 0.2) is 0 Å². The van der Waals surface area contributed by atoms with Gasteiger partial charge in [0.1, 0.15) is 11.5 Å². The predicted molar refractivity (Wildman–Crippen MR) is 112 cm³/mol. The molecule has 0 unspecified atom stereocenters. The minimum atomic E-state index is 0.0453. The van der Waals surface area contributed by atoms with Gasteiger partial charge in [-0.3, -0.25) is 10.4 Å². The first-order valence-corrected chi connectivity index (χ1v) is 9.83. The molecule has 5 nitrogen and oxygen atoms in total. The highest BCUT2D eigenvalue weighted by Crippen LogP contribution is 2.37. The highest BCUT2D eigenvalue weighted by molar-refractivity contribution is 9.10. The van der Waals surface area contributed by atoms with Crippen LogP contribution in [0.2, 0.25) is 0 Å². The molecule has 0 atom stereocenters. The van der Waals surface area contributed by atoms with E-state index in [4.69, 9.17) is 11.1 Å². The Hall–Kier alpha value is -2.60. The molecule has 6 heteroatoms. The maximum atomic E-state index is 7.48. The molecule has 0 saturated heterocycles. The first-order chi connectivity index (χ1) is 13.1. The Labute approximate surface area is 166 Å². The summed E-state index contributed by atoms with van der Waals surface area (Å²) in [4.78, 5) is 4.67. The first-order valence-electron chi connectivity index (χ1n) is 9.03. The second kappa shape index (κ2) is 7.56. The Morgan fingerprint density at radius 1 is 1.15 bits per heavy atom. The van der Waals surface area contributed by atoms with Gasteiger partial charge in [0.05, 0.1) is 11.4 Å². The first kappa shape index (κ1) is 17.8. The fraction of sp³-hybridized carbons (Fsp3) is 0.238. The van der Waals surface area contributed by atoms with Crippen molar-refractivity contribution in [2.45, 2.75) is 25.7 Å². The van der Waals surface area contributed by atoms with E-state index in [1.165, 1.54) is 12.8 Å². The van der Waals surface area contributed by atoms with Crippen molar-refractivity contribution in [3.8, 4) is 0 Å². The van der Waals surface area contributed by atoms with Crippen molar-refractivity contribution >= 4 is 43.9 Å². The number of halogens is 1. The third-order valence-electron chi connectivity index (χ3n) is 4.83. The fourth-order valence-electron chi connectivity index (χ4n) is 3.07. The van der Waals surface area contributed by atoms with Crippen molar-refractivity contribution in [1.29, 1.82) is 5.41 Å². The van der Waals surface area contributed by atoms with Gasteiger partial charge in [-0.15, -0.1) is 5.11 Å². The molecule has 3 N–H and O–H groups in total. The van der Waals surface area contributed by atoms with Crippen LogP contribution in [0.3, 0.4) is 0 Å². The van der Waals surface area contributed by atoms with E-state index in [1.807, 2.05) is 30.5 Å². The zero-order chi connectivity index (χ0) is 18.8. The number of benzene rings is 2. The molecule has 3 aromatic rings. The van der Waals surface area contributed by atoms with E-state index in [2.05, 4.69) is 37.2 Å². The van der Waals surface area contributed by atoms with Gasteiger partial charge >= 0.3 is 0 Å². The summed E-state index contributed by atoms with van der Waals surface area (Å²) in [7, 11) is 0. The molecule has 136 valence electrons. The van der Waals surface area contributed by atoms with E-state index in [9.17, 15) is 0 Å². The van der Waals surface area contributed by atoms with Gasteiger partial charge in [-0.1, -0.05) is 34.8 Å². The highest BCUT2D eigenvalue weighted by Gasteiger charge is 2.22. The smallest absolute Gasteiger partial charge is 0.122 e. The van der Waals surface area contributed by atoms with Crippen LogP contribution in [0.25, 0.3) is 10.8 Å². The Bertz CT molecular complexity index is 1020. The molecule has 0 radical (unpaired) electrons. The van der Waals surface area contributed by atoms with E-state index < -0.39 is 0 Å². The average Bonchev–Trinajstić information content (AvgIpc) is 3.49. The lowest BCUT2D eigenvalue weighted by Crippen LogP contribution is -2.10. The van der Waals surface area contributed by atoms with Gasteiger partial charge in [-0.05, 0) is 55.2 Å². The summed E-state index contributed by atoms with van der Waals surface area (Å²) in [6, 6.07) is 13.3. The number of nitrogen functional groups attached to an aromatic ring is 1. The summed E-state index contributed by atoms with van der Waals surface area (Å²) >= 11 is 3.56. The molecule has 4 rings (SSSR count). The van der Waals surface area contributed by atoms with Gasteiger partial charge in [-0.2, -0.15) is 5.11 Å². The monoisotopic (exact) mass is 421 g/mol. The maximum Gasteiger partial charge on any atom is 0.122 e. The van der Waals surface area contributed by atoms with Crippen LogP contribution < -0.4 is 5.73 Å². The summed E-state index contributed by atoms with van der Waals surface area (Å²) in [5, 5.41) is 18.6. The normalized spacial score (nSPS) is 14.1. The molecule has 27 heavy (non-hydrogen) atoms. The van der Waals surface area contributed by atoms with Gasteiger partial charge in [0.25, 0.3) is 0 Å². The lowest BCUT2D eigenvalue weighted by atomic mass is 10.1. The highest BCUT2D eigenvalue weighted by atomic mass is 79.9. The molecule has 0 aliphatic heterocycles. The topological polar surface area (TPSA) is 87.5 Å². The maximum absolute atomic E-state index is 7.48. The molecule has 0 bridgehead atoms. The van der Waals surface area contributed by atoms with Crippen LogP contribution in [0.5, 0.6) is 0 Å². The largest absolute Gasteiger partial charge is 0.384 e. The number of hydrogen-bond donors (Lipinski definition) is 2. The number of aromatic nitrogens is 1.